The zero-order valence-electron chi connectivity index (χ0n) is 61.1. The number of rotatable bonds is 17. The largest absolute Gasteiger partial charge is 0.465 e. The van der Waals surface area contributed by atoms with Crippen molar-refractivity contribution in [3.05, 3.63) is 83.5 Å². The number of aromatic nitrogens is 4. The second-order valence-electron chi connectivity index (χ2n) is 28.7. The molecule has 0 spiro atoms. The molecule has 2 amide bonds. The molecule has 0 unspecified atom stereocenters. The lowest BCUT2D eigenvalue weighted by molar-refractivity contribution is -0.265. The Labute approximate surface area is 602 Å². The molecule has 27 heteroatoms. The Hall–Kier alpha value is -6.24. The van der Waals surface area contributed by atoms with Gasteiger partial charge in [-0.15, -0.1) is 0 Å². The van der Waals surface area contributed by atoms with Crippen LogP contribution < -0.4 is 20.9 Å². The summed E-state index contributed by atoms with van der Waals surface area (Å²) in [6, 6.07) is -1.97. The second kappa shape index (κ2) is 39.0. The number of allylic oxidation sites excluding steroid dienone is 5. The molecule has 101 heavy (non-hydrogen) atoms. The van der Waals surface area contributed by atoms with Gasteiger partial charge in [-0.1, -0.05) is 64.2 Å². The summed E-state index contributed by atoms with van der Waals surface area (Å²) in [5.74, 6) is -6.37. The highest BCUT2D eigenvalue weighted by molar-refractivity contribution is 7.80. The van der Waals surface area contributed by atoms with Crippen LogP contribution in [0.4, 0.5) is 11.9 Å². The Morgan fingerprint density at radius 1 is 0.743 bits per heavy atom. The lowest BCUT2D eigenvalue weighted by Gasteiger charge is -2.43. The van der Waals surface area contributed by atoms with Crippen LogP contribution in [0.25, 0.3) is 0 Å². The average molecular weight is 1430 g/mol. The first-order valence-electron chi connectivity index (χ1n) is 36.4. The van der Waals surface area contributed by atoms with Crippen molar-refractivity contribution < 1.29 is 72.5 Å². The number of methoxy groups -OCH3 is 3. The van der Waals surface area contributed by atoms with E-state index in [9.17, 15) is 39.3 Å². The number of ether oxygens (including phenoxy) is 7. The second-order valence-corrected chi connectivity index (χ2v) is 29.1. The first-order chi connectivity index (χ1) is 48.4. The van der Waals surface area contributed by atoms with Crippen LogP contribution in [-0.2, 0) is 63.7 Å². The van der Waals surface area contributed by atoms with Crippen molar-refractivity contribution in [1.82, 2.24) is 40.0 Å². The molecular weight excluding hydrogens is 1310 g/mol. The number of piperidine rings is 1. The van der Waals surface area contributed by atoms with Crippen LogP contribution in [0, 0.1) is 36.5 Å². The van der Waals surface area contributed by atoms with Gasteiger partial charge in [0.15, 0.2) is 5.78 Å². The standard InChI is InChI=1S/C74H113N11O15S/c1-47-16-12-11-13-17-49(3)60(94-8)40-56-21-19-53(7)74(93,100-56)68(90)69(91)85-24-15-14-18-58(85)70(92)98-62(41-61(95-9)50(4)37-52(6)66(88)67(89)65(87)51(5)36-47)57(75)38-54-20-22-59(63(39-54)96-10)99-73(101)80-46-55-44-78-72(79-45-55)84-31-29-82(30-32-84)64(86)23-34-97-35-33-81-25-27-83(28-26-81)71-76-42-48(2)43-77-71/h11-13,16-17,37,42-45,47,50-51,53-54,56-63,66-67,88-89,93H,14-15,18-36,38-41,46,75H2,1-10H3,(H,80,101)/b13-11?,16-12+,49-17?,52-37+/t47-,50-,51-,53-,54+,56+,57-,58+,59-,60+,61-,62+,63-,66-,67+,74-/m1/s1. The molecule has 8 rings (SSSR count). The van der Waals surface area contributed by atoms with Gasteiger partial charge in [-0.2, -0.15) is 0 Å². The van der Waals surface area contributed by atoms with E-state index >= 15 is 0 Å². The Morgan fingerprint density at radius 3 is 2.09 bits per heavy atom. The third-order valence-electron chi connectivity index (χ3n) is 21.2. The molecule has 1 aliphatic carbocycles. The van der Waals surface area contributed by atoms with Gasteiger partial charge < -0.3 is 79.1 Å². The third kappa shape index (κ3) is 22.6. The van der Waals surface area contributed by atoms with Crippen molar-refractivity contribution in [1.29, 1.82) is 0 Å². The van der Waals surface area contributed by atoms with Gasteiger partial charge in [0.2, 0.25) is 23.6 Å². The first kappa shape index (κ1) is 80.4. The van der Waals surface area contributed by atoms with Gasteiger partial charge in [0.05, 0.1) is 44.1 Å². The van der Waals surface area contributed by atoms with Crippen molar-refractivity contribution in [3.63, 3.8) is 0 Å². The van der Waals surface area contributed by atoms with E-state index in [4.69, 9.17) is 51.1 Å². The molecule has 6 N–H and O–H groups in total. The summed E-state index contributed by atoms with van der Waals surface area (Å²) in [6.45, 7) is 20.7. The number of anilines is 2. The third-order valence-corrected chi connectivity index (χ3v) is 21.4. The highest BCUT2D eigenvalue weighted by Gasteiger charge is 2.53. The SMILES string of the molecule is CO[C@H]1C[C@@H]2CC[C@@H](C)[C@@](O)(O2)C(=O)C(=O)N2CCCC[C@H]2C(=O)O[C@H]([C@H](N)C[C@@H]2CC[C@@H](OC(=S)NCc3cnc(N4CCN(C(=O)CCOCCN5CCN(c6ncc(C)cn6)CC5)CC4)nc3)[C@H](OC)C2)C[C@@H](OC)[C@H](C)/C=C(\C)[C@@H](O)[C@@H](O)C(=O)[C@H](C)C[C@H](C)/C=C/C=CC=C1C. The van der Waals surface area contributed by atoms with Crippen molar-refractivity contribution in [3.8, 4) is 0 Å². The van der Waals surface area contributed by atoms with Gasteiger partial charge in [0.25, 0.3) is 16.9 Å². The molecule has 16 atom stereocenters. The average Bonchev–Trinajstić information content (AvgIpc) is 0.773. The molecule has 2 aromatic rings. The predicted octanol–water partition coefficient (Wildman–Crippen LogP) is 5.53. The van der Waals surface area contributed by atoms with Gasteiger partial charge >= 0.3 is 5.97 Å². The van der Waals surface area contributed by atoms with Crippen LogP contribution in [0.3, 0.4) is 0 Å². The number of nitrogens with two attached hydrogens (primary N) is 1. The number of thiocarbonyl (C=S) groups is 1. The number of amides is 2. The number of carbonyl (C=O) groups excluding carboxylic acids is 5. The van der Waals surface area contributed by atoms with Gasteiger partial charge in [0.1, 0.15) is 30.5 Å². The Kier molecular flexibility index (Phi) is 31.1. The van der Waals surface area contributed by atoms with E-state index < -0.39 is 102 Å². The van der Waals surface area contributed by atoms with Crippen molar-refractivity contribution in [2.45, 2.75) is 205 Å². The Morgan fingerprint density at radius 2 is 1.42 bits per heavy atom. The maximum atomic E-state index is 14.8. The minimum Gasteiger partial charge on any atom is -0.465 e. The number of hydrogen-bond acceptors (Lipinski definition) is 24. The number of fused-ring (bicyclic) bond motifs is 3. The van der Waals surface area contributed by atoms with Crippen molar-refractivity contribution in [2.75, 3.05) is 110 Å². The number of aliphatic hydroxyl groups excluding tert-OH is 2. The topological polar surface area (TPSA) is 316 Å². The predicted molar refractivity (Wildman–Crippen MR) is 385 cm³/mol. The molecule has 6 aliphatic rings. The van der Waals surface area contributed by atoms with Crippen molar-refractivity contribution in [2.24, 2.45) is 35.3 Å². The van der Waals surface area contributed by atoms with E-state index in [1.54, 1.807) is 53.5 Å². The van der Waals surface area contributed by atoms with Crippen LogP contribution >= 0.6 is 12.2 Å². The molecule has 5 aliphatic heterocycles. The minimum atomic E-state index is -2.47. The fourth-order valence-electron chi connectivity index (χ4n) is 14.7. The quantitative estimate of drug-likeness (QED) is 0.0427. The van der Waals surface area contributed by atoms with E-state index in [-0.39, 0.29) is 48.4 Å². The molecule has 4 saturated heterocycles. The normalized spacial score (nSPS) is 32.0. The molecule has 0 radical (unpaired) electrons. The molecule has 560 valence electrons. The monoisotopic (exact) mass is 1430 g/mol. The summed E-state index contributed by atoms with van der Waals surface area (Å²) in [5.41, 5.74) is 10.2. The Bertz CT molecular complexity index is 3150. The van der Waals surface area contributed by atoms with Crippen LogP contribution in [0.15, 0.2) is 72.4 Å². The molecule has 2 aromatic heterocycles. The maximum absolute atomic E-state index is 14.8. The summed E-state index contributed by atoms with van der Waals surface area (Å²) < 4.78 is 43.0. The first-order valence-corrected chi connectivity index (χ1v) is 36.8. The summed E-state index contributed by atoms with van der Waals surface area (Å²) >= 11 is 5.71. The molecule has 0 aromatic carbocycles. The number of carbonyl (C=O) groups is 5. The van der Waals surface area contributed by atoms with E-state index in [1.807, 2.05) is 75.4 Å². The van der Waals surface area contributed by atoms with Crippen molar-refractivity contribution >= 4 is 58.6 Å². The molecule has 5 fully saturated rings. The summed E-state index contributed by atoms with van der Waals surface area (Å²) in [7, 11) is 4.70. The van der Waals surface area contributed by atoms with Crippen LogP contribution in [0.2, 0.25) is 0 Å². The van der Waals surface area contributed by atoms with Gasteiger partial charge in [0, 0.05) is 160 Å². The Balaban J connectivity index is 0.853. The summed E-state index contributed by atoms with van der Waals surface area (Å²) in [5, 5.41) is 38.3. The van der Waals surface area contributed by atoms with Gasteiger partial charge in [-0.05, 0) is 126 Å². The number of nitrogens with zero attached hydrogens (tertiary/aromatic N) is 9. The van der Waals surface area contributed by atoms with Crippen LogP contribution in [-0.4, -0.2) is 251 Å². The van der Waals surface area contributed by atoms with E-state index in [0.29, 0.717) is 128 Å². The minimum absolute atomic E-state index is 0.0294. The lowest BCUT2D eigenvalue weighted by atomic mass is 9.80. The van der Waals surface area contributed by atoms with E-state index in [1.165, 1.54) is 12.0 Å². The fraction of sp³-hybridized carbons (Fsp3) is 0.703. The number of aryl methyl sites for hydroxylation is 1. The molecule has 7 heterocycles. The number of Topliss-reactive ketones (excluding diaryl/α,β-unsaturated/α-hetero) is 2. The number of aliphatic hydroxyl groups is 3. The molecule has 26 nitrogen and oxygen atoms in total. The smallest absolute Gasteiger partial charge is 0.329 e. The fourth-order valence-corrected chi connectivity index (χ4v) is 14.9. The maximum Gasteiger partial charge on any atom is 0.329 e. The number of piperazine rings is 2. The number of ketones is 2. The van der Waals surface area contributed by atoms with Crippen LogP contribution in [0.1, 0.15) is 136 Å². The molecule has 2 bridgehead atoms. The number of hydrogen-bond donors (Lipinski definition) is 5. The summed E-state index contributed by atoms with van der Waals surface area (Å²) in [6.07, 6.45) is 17.0. The highest BCUT2D eigenvalue weighted by atomic mass is 32.1. The van der Waals surface area contributed by atoms with E-state index in [0.717, 1.165) is 55.4 Å². The van der Waals surface area contributed by atoms with Gasteiger partial charge in [-0.3, -0.25) is 24.1 Å². The molecular formula is C74H113N11O15S. The highest BCUT2D eigenvalue weighted by Crippen LogP contribution is 2.38. The number of esters is 1. The molecule has 1 saturated carbocycles. The number of cyclic esters (lactones) is 1. The van der Waals surface area contributed by atoms with Gasteiger partial charge in [-0.25, -0.2) is 24.7 Å². The lowest BCUT2D eigenvalue weighted by Crippen LogP contribution is -2.61. The summed E-state index contributed by atoms with van der Waals surface area (Å²) in [4.78, 5) is 98.6. The zero-order chi connectivity index (χ0) is 72.9. The van der Waals surface area contributed by atoms with Crippen LogP contribution in [0.5, 0.6) is 0 Å². The zero-order valence-corrected chi connectivity index (χ0v) is 61.9. The number of nitrogens with one attached hydrogen (secondary N) is 1. The van der Waals surface area contributed by atoms with E-state index in [2.05, 4.69) is 40.0 Å².